The Kier molecular flexibility index (Phi) is 4.38. The number of hydrogen-bond acceptors (Lipinski definition) is 4. The summed E-state index contributed by atoms with van der Waals surface area (Å²) in [5.74, 6) is 0. The SMILES string of the molecule is FC(F)(F)c1cc(Cn2nncc2-c2cncnc2)cc(C(F)(F)F)c1. The summed E-state index contributed by atoms with van der Waals surface area (Å²) in [6.45, 7) is -0.336. The lowest BCUT2D eigenvalue weighted by Gasteiger charge is -2.14. The van der Waals surface area contributed by atoms with E-state index in [1.165, 1.54) is 29.6 Å². The normalized spacial score (nSPS) is 12.4. The molecule has 3 rings (SSSR count). The molecule has 0 fully saturated rings. The third-order valence-corrected chi connectivity index (χ3v) is 3.45. The number of alkyl halides is 6. The lowest BCUT2D eigenvalue weighted by Crippen LogP contribution is -2.13. The smallest absolute Gasteiger partial charge is 0.244 e. The molecular formula is C15H9F6N5. The summed E-state index contributed by atoms with van der Waals surface area (Å²) in [6.07, 6.45) is -4.37. The molecule has 0 amide bonds. The predicted octanol–water partition coefficient (Wildman–Crippen LogP) is 3.82. The molecular weight excluding hydrogens is 364 g/mol. The molecule has 136 valence electrons. The fourth-order valence-corrected chi connectivity index (χ4v) is 2.31. The number of hydrogen-bond donors (Lipinski definition) is 0. The van der Waals surface area contributed by atoms with Gasteiger partial charge in [-0.2, -0.15) is 26.3 Å². The van der Waals surface area contributed by atoms with Gasteiger partial charge in [-0.3, -0.25) is 0 Å². The number of rotatable bonds is 3. The largest absolute Gasteiger partial charge is 0.416 e. The Morgan fingerprint density at radius 2 is 1.38 bits per heavy atom. The minimum atomic E-state index is -4.91. The van der Waals surface area contributed by atoms with E-state index in [0.29, 0.717) is 23.4 Å². The van der Waals surface area contributed by atoms with Crippen molar-refractivity contribution >= 4 is 0 Å². The summed E-state index contributed by atoms with van der Waals surface area (Å²) in [6, 6.07) is 1.39. The number of benzene rings is 1. The third-order valence-electron chi connectivity index (χ3n) is 3.45. The second-order valence-electron chi connectivity index (χ2n) is 5.32. The van der Waals surface area contributed by atoms with Crippen LogP contribution >= 0.6 is 0 Å². The first-order valence-electron chi connectivity index (χ1n) is 7.07. The molecule has 0 aliphatic rings. The van der Waals surface area contributed by atoms with Gasteiger partial charge in [0.15, 0.2) is 0 Å². The summed E-state index contributed by atoms with van der Waals surface area (Å²) >= 11 is 0. The van der Waals surface area contributed by atoms with Crippen molar-refractivity contribution in [3.05, 3.63) is 59.8 Å². The van der Waals surface area contributed by atoms with Crippen molar-refractivity contribution < 1.29 is 26.3 Å². The molecule has 26 heavy (non-hydrogen) atoms. The Hall–Kier alpha value is -2.98. The van der Waals surface area contributed by atoms with Gasteiger partial charge in [0.25, 0.3) is 0 Å². The maximum Gasteiger partial charge on any atom is 0.416 e. The molecule has 0 saturated carbocycles. The van der Waals surface area contributed by atoms with E-state index in [9.17, 15) is 26.3 Å². The first-order valence-corrected chi connectivity index (χ1v) is 7.07. The van der Waals surface area contributed by atoms with Crippen LogP contribution in [0.1, 0.15) is 16.7 Å². The maximum absolute atomic E-state index is 12.9. The second kappa shape index (κ2) is 6.39. The van der Waals surface area contributed by atoms with E-state index in [4.69, 9.17) is 0 Å². The molecule has 0 bridgehead atoms. The van der Waals surface area contributed by atoms with Crippen molar-refractivity contribution in [2.75, 3.05) is 0 Å². The summed E-state index contributed by atoms with van der Waals surface area (Å²) in [5.41, 5.74) is -2.15. The van der Waals surface area contributed by atoms with Crippen LogP contribution in [0, 0.1) is 0 Å². The van der Waals surface area contributed by atoms with Crippen molar-refractivity contribution in [3.63, 3.8) is 0 Å². The summed E-state index contributed by atoms with van der Waals surface area (Å²) in [7, 11) is 0. The zero-order valence-corrected chi connectivity index (χ0v) is 12.8. The molecule has 3 aromatic rings. The van der Waals surface area contributed by atoms with Crippen LogP contribution in [0.2, 0.25) is 0 Å². The molecule has 0 spiro atoms. The molecule has 0 aliphatic carbocycles. The second-order valence-corrected chi connectivity index (χ2v) is 5.32. The topological polar surface area (TPSA) is 56.5 Å². The number of halogens is 6. The van der Waals surface area contributed by atoms with Crippen LogP contribution in [0.3, 0.4) is 0 Å². The molecule has 0 aliphatic heterocycles. The van der Waals surface area contributed by atoms with Gasteiger partial charge in [-0.15, -0.1) is 5.10 Å². The van der Waals surface area contributed by atoms with Crippen LogP contribution in [-0.2, 0) is 18.9 Å². The predicted molar refractivity (Wildman–Crippen MR) is 76.6 cm³/mol. The average molecular weight is 373 g/mol. The average Bonchev–Trinajstić information content (AvgIpc) is 3.02. The van der Waals surface area contributed by atoms with Gasteiger partial charge in [0, 0.05) is 18.0 Å². The van der Waals surface area contributed by atoms with Crippen LogP contribution in [-0.4, -0.2) is 25.0 Å². The van der Waals surface area contributed by atoms with E-state index in [2.05, 4.69) is 20.3 Å². The third kappa shape index (κ3) is 3.81. The monoisotopic (exact) mass is 373 g/mol. The molecule has 2 heterocycles. The first kappa shape index (κ1) is 17.8. The minimum absolute atomic E-state index is 0.0801. The van der Waals surface area contributed by atoms with Crippen molar-refractivity contribution in [2.24, 2.45) is 0 Å². The Morgan fingerprint density at radius 1 is 0.808 bits per heavy atom. The van der Waals surface area contributed by atoms with Crippen molar-refractivity contribution in [1.82, 2.24) is 25.0 Å². The van der Waals surface area contributed by atoms with Gasteiger partial charge in [0.05, 0.1) is 29.6 Å². The lowest BCUT2D eigenvalue weighted by atomic mass is 10.0. The minimum Gasteiger partial charge on any atom is -0.244 e. The molecule has 11 heteroatoms. The Balaban J connectivity index is 2.02. The van der Waals surface area contributed by atoms with Crippen molar-refractivity contribution in [3.8, 4) is 11.3 Å². The van der Waals surface area contributed by atoms with Crippen molar-refractivity contribution in [1.29, 1.82) is 0 Å². The van der Waals surface area contributed by atoms with Gasteiger partial charge in [0.2, 0.25) is 0 Å². The number of aromatic nitrogens is 5. The van der Waals surface area contributed by atoms with E-state index >= 15 is 0 Å². The molecule has 0 N–H and O–H groups in total. The highest BCUT2D eigenvalue weighted by Gasteiger charge is 2.36. The Morgan fingerprint density at radius 3 is 1.92 bits per heavy atom. The first-order chi connectivity index (χ1) is 12.1. The fourth-order valence-electron chi connectivity index (χ4n) is 2.31. The van der Waals surface area contributed by atoms with Crippen LogP contribution < -0.4 is 0 Å². The molecule has 0 atom stereocenters. The van der Waals surface area contributed by atoms with Crippen LogP contribution in [0.25, 0.3) is 11.3 Å². The van der Waals surface area contributed by atoms with E-state index < -0.39 is 23.5 Å². The van der Waals surface area contributed by atoms with Gasteiger partial charge in [-0.05, 0) is 23.8 Å². The maximum atomic E-state index is 12.9. The number of nitrogens with zero attached hydrogens (tertiary/aromatic N) is 5. The summed E-state index contributed by atoms with van der Waals surface area (Å²) in [5, 5.41) is 7.37. The molecule has 5 nitrogen and oxygen atoms in total. The molecule has 2 aromatic heterocycles. The van der Waals surface area contributed by atoms with Crippen LogP contribution in [0.5, 0.6) is 0 Å². The lowest BCUT2D eigenvalue weighted by molar-refractivity contribution is -0.143. The molecule has 0 saturated heterocycles. The van der Waals surface area contributed by atoms with Crippen LogP contribution in [0.15, 0.2) is 43.1 Å². The Labute approximate surface area is 142 Å². The standard InChI is InChI=1S/C15H9F6N5/c16-14(17,18)11-1-9(2-12(3-11)15(19,20)21)7-26-13(6-24-25-26)10-4-22-8-23-5-10/h1-6,8H,7H2. The fraction of sp³-hybridized carbons (Fsp3) is 0.200. The van der Waals surface area contributed by atoms with Gasteiger partial charge >= 0.3 is 12.4 Å². The van der Waals surface area contributed by atoms with Gasteiger partial charge in [-0.25, -0.2) is 14.6 Å². The highest BCUT2D eigenvalue weighted by atomic mass is 19.4. The molecule has 0 radical (unpaired) electrons. The van der Waals surface area contributed by atoms with Crippen LogP contribution in [0.4, 0.5) is 26.3 Å². The van der Waals surface area contributed by atoms with E-state index in [-0.39, 0.29) is 18.2 Å². The molecule has 0 unspecified atom stereocenters. The highest BCUT2D eigenvalue weighted by molar-refractivity contribution is 5.55. The zero-order chi connectivity index (χ0) is 18.9. The molecule has 1 aromatic carbocycles. The van der Waals surface area contributed by atoms with Gasteiger partial charge in [-0.1, -0.05) is 5.21 Å². The quantitative estimate of drug-likeness (QED) is 0.655. The van der Waals surface area contributed by atoms with E-state index in [1.807, 2.05) is 0 Å². The van der Waals surface area contributed by atoms with E-state index in [1.54, 1.807) is 0 Å². The summed E-state index contributed by atoms with van der Waals surface area (Å²) in [4.78, 5) is 7.61. The zero-order valence-electron chi connectivity index (χ0n) is 12.8. The highest BCUT2D eigenvalue weighted by Crippen LogP contribution is 2.36. The van der Waals surface area contributed by atoms with Crippen molar-refractivity contribution in [2.45, 2.75) is 18.9 Å². The summed E-state index contributed by atoms with van der Waals surface area (Å²) < 4.78 is 78.8. The van der Waals surface area contributed by atoms with E-state index in [0.717, 1.165) is 0 Å². The van der Waals surface area contributed by atoms with Gasteiger partial charge in [0.1, 0.15) is 6.33 Å². The Bertz CT molecular complexity index is 869. The van der Waals surface area contributed by atoms with Gasteiger partial charge < -0.3 is 0 Å².